The third-order valence-corrected chi connectivity index (χ3v) is 2.86. The first kappa shape index (κ1) is 13.2. The molecule has 92 valence electrons. The maximum absolute atomic E-state index is 11.0. The molecule has 0 aliphatic carbocycles. The molecule has 4 heteroatoms. The quantitative estimate of drug-likeness (QED) is 0.758. The van der Waals surface area contributed by atoms with E-state index in [-0.39, 0.29) is 0 Å². The number of nitrogens with one attached hydrogen (secondary N) is 1. The van der Waals surface area contributed by atoms with Gasteiger partial charge in [0.05, 0.1) is 0 Å². The lowest BCUT2D eigenvalue weighted by atomic mass is 9.99. The van der Waals surface area contributed by atoms with Gasteiger partial charge in [0.25, 0.3) is 0 Å². The molecule has 0 atom stereocenters. The Labute approximate surface area is 101 Å². The van der Waals surface area contributed by atoms with Crippen LogP contribution in [-0.2, 0) is 16.0 Å². The van der Waals surface area contributed by atoms with Crippen molar-refractivity contribution in [2.45, 2.75) is 27.2 Å². The summed E-state index contributed by atoms with van der Waals surface area (Å²) in [6.45, 7) is 6.59. The van der Waals surface area contributed by atoms with Gasteiger partial charge in [-0.2, -0.15) is 0 Å². The number of aryl methyl sites for hydroxylation is 3. The molecular weight excluding hydrogens is 216 g/mol. The van der Waals surface area contributed by atoms with Crippen molar-refractivity contribution in [2.75, 3.05) is 6.54 Å². The zero-order valence-electron chi connectivity index (χ0n) is 10.5. The first-order chi connectivity index (χ1) is 7.91. The Hall–Kier alpha value is -1.84. The van der Waals surface area contributed by atoms with E-state index in [1.807, 2.05) is 6.92 Å². The predicted octanol–water partition coefficient (Wildman–Crippen LogP) is 0.756. The highest BCUT2D eigenvalue weighted by molar-refractivity contribution is 6.34. The van der Waals surface area contributed by atoms with E-state index >= 15 is 0 Å². The molecule has 1 aromatic rings. The average Bonchev–Trinajstić information content (AvgIpc) is 2.25. The summed E-state index contributed by atoms with van der Waals surface area (Å²) in [4.78, 5) is 21.5. The number of hydrogen-bond acceptors (Lipinski definition) is 2. The Bertz CT molecular complexity index is 453. The normalized spacial score (nSPS) is 10.1. The van der Waals surface area contributed by atoms with Gasteiger partial charge < -0.3 is 11.1 Å². The molecule has 0 saturated heterocycles. The zero-order valence-corrected chi connectivity index (χ0v) is 10.5. The molecule has 0 spiro atoms. The smallest absolute Gasteiger partial charge is 0.309 e. The lowest BCUT2D eigenvalue weighted by molar-refractivity contribution is -0.137. The Morgan fingerprint density at radius 2 is 1.71 bits per heavy atom. The number of carbonyl (C=O) groups excluding carboxylic acids is 2. The van der Waals surface area contributed by atoms with Crippen LogP contribution in [0.5, 0.6) is 0 Å². The Morgan fingerprint density at radius 3 is 2.29 bits per heavy atom. The molecule has 4 nitrogen and oxygen atoms in total. The van der Waals surface area contributed by atoms with Crippen molar-refractivity contribution in [1.82, 2.24) is 5.32 Å². The van der Waals surface area contributed by atoms with E-state index in [0.29, 0.717) is 13.0 Å². The molecule has 1 aromatic carbocycles. The fourth-order valence-corrected chi connectivity index (χ4v) is 1.69. The summed E-state index contributed by atoms with van der Waals surface area (Å²) in [5, 5.41) is 2.48. The molecule has 0 saturated carbocycles. The van der Waals surface area contributed by atoms with Crippen LogP contribution in [-0.4, -0.2) is 18.4 Å². The zero-order chi connectivity index (χ0) is 13.0. The van der Waals surface area contributed by atoms with Gasteiger partial charge in [0.2, 0.25) is 0 Å². The van der Waals surface area contributed by atoms with Crippen molar-refractivity contribution in [2.24, 2.45) is 5.73 Å². The van der Waals surface area contributed by atoms with Gasteiger partial charge in [-0.05, 0) is 49.4 Å². The van der Waals surface area contributed by atoms with Gasteiger partial charge >= 0.3 is 11.8 Å². The Kier molecular flexibility index (Phi) is 4.26. The molecule has 0 aliphatic heterocycles. The fraction of sp³-hybridized carbons (Fsp3) is 0.385. The summed E-state index contributed by atoms with van der Waals surface area (Å²) in [6, 6.07) is 4.24. The second-order valence-corrected chi connectivity index (χ2v) is 4.23. The lowest BCUT2D eigenvalue weighted by Gasteiger charge is -2.10. The molecule has 0 heterocycles. The molecule has 0 radical (unpaired) electrons. The third-order valence-electron chi connectivity index (χ3n) is 2.86. The monoisotopic (exact) mass is 234 g/mol. The second kappa shape index (κ2) is 5.48. The van der Waals surface area contributed by atoms with Crippen LogP contribution in [0.25, 0.3) is 0 Å². The van der Waals surface area contributed by atoms with E-state index in [4.69, 9.17) is 5.73 Å². The van der Waals surface area contributed by atoms with Crippen LogP contribution < -0.4 is 11.1 Å². The van der Waals surface area contributed by atoms with Gasteiger partial charge in [0.1, 0.15) is 0 Å². The van der Waals surface area contributed by atoms with Gasteiger partial charge in [0, 0.05) is 6.54 Å². The molecule has 0 fully saturated rings. The van der Waals surface area contributed by atoms with Crippen LogP contribution in [0.1, 0.15) is 22.3 Å². The molecule has 0 unspecified atom stereocenters. The molecule has 0 aromatic heterocycles. The van der Waals surface area contributed by atoms with Gasteiger partial charge in [-0.15, -0.1) is 0 Å². The minimum Gasteiger partial charge on any atom is -0.361 e. The van der Waals surface area contributed by atoms with E-state index in [1.165, 1.54) is 22.3 Å². The standard InChI is InChI=1S/C13H18N2O2/c1-8-6-10(3)11(7-9(8)2)4-5-15-13(17)12(14)16/h6-7H,4-5H2,1-3H3,(H2,14,16)(H,15,17). The number of carbonyl (C=O) groups is 2. The maximum atomic E-state index is 11.0. The summed E-state index contributed by atoms with van der Waals surface area (Å²) in [5.41, 5.74) is 9.70. The molecule has 3 N–H and O–H groups in total. The summed E-state index contributed by atoms with van der Waals surface area (Å²) >= 11 is 0. The lowest BCUT2D eigenvalue weighted by Crippen LogP contribution is -2.37. The van der Waals surface area contributed by atoms with Gasteiger partial charge in [-0.3, -0.25) is 9.59 Å². The summed E-state index contributed by atoms with van der Waals surface area (Å²) < 4.78 is 0. The molecule has 17 heavy (non-hydrogen) atoms. The highest BCUT2D eigenvalue weighted by Gasteiger charge is 2.07. The highest BCUT2D eigenvalue weighted by atomic mass is 16.2. The van der Waals surface area contributed by atoms with E-state index < -0.39 is 11.8 Å². The van der Waals surface area contributed by atoms with Crippen molar-refractivity contribution in [3.05, 3.63) is 34.4 Å². The number of nitrogens with two attached hydrogens (primary N) is 1. The van der Waals surface area contributed by atoms with E-state index in [9.17, 15) is 9.59 Å². The van der Waals surface area contributed by atoms with Crippen molar-refractivity contribution < 1.29 is 9.59 Å². The minimum atomic E-state index is -0.943. The van der Waals surface area contributed by atoms with Crippen LogP contribution in [0, 0.1) is 20.8 Å². The summed E-state index contributed by atoms with van der Waals surface area (Å²) in [5.74, 6) is -1.67. The number of benzene rings is 1. The van der Waals surface area contributed by atoms with Gasteiger partial charge in [-0.1, -0.05) is 12.1 Å². The van der Waals surface area contributed by atoms with Crippen LogP contribution in [0.3, 0.4) is 0 Å². The van der Waals surface area contributed by atoms with E-state index in [0.717, 1.165) is 0 Å². The number of hydrogen-bond donors (Lipinski definition) is 2. The molecule has 1 rings (SSSR count). The van der Waals surface area contributed by atoms with Crippen LogP contribution in [0.15, 0.2) is 12.1 Å². The second-order valence-electron chi connectivity index (χ2n) is 4.23. The van der Waals surface area contributed by atoms with E-state index in [1.54, 1.807) is 0 Å². The maximum Gasteiger partial charge on any atom is 0.309 e. The highest BCUT2D eigenvalue weighted by Crippen LogP contribution is 2.15. The van der Waals surface area contributed by atoms with Crippen LogP contribution in [0.4, 0.5) is 0 Å². The molecule has 0 bridgehead atoms. The number of primary amides is 1. The van der Waals surface area contributed by atoms with Crippen LogP contribution in [0.2, 0.25) is 0 Å². The fourth-order valence-electron chi connectivity index (χ4n) is 1.69. The summed E-state index contributed by atoms with van der Waals surface area (Å²) in [7, 11) is 0. The predicted molar refractivity (Wildman–Crippen MR) is 66.6 cm³/mol. The molecular formula is C13H18N2O2. The van der Waals surface area contributed by atoms with Crippen molar-refractivity contribution in [3.8, 4) is 0 Å². The average molecular weight is 234 g/mol. The number of amides is 2. The molecule has 2 amide bonds. The summed E-state index contributed by atoms with van der Waals surface area (Å²) in [6.07, 6.45) is 0.700. The SMILES string of the molecule is Cc1cc(C)c(CCNC(=O)C(N)=O)cc1C. The minimum absolute atomic E-state index is 0.422. The topological polar surface area (TPSA) is 72.2 Å². The first-order valence-electron chi connectivity index (χ1n) is 5.56. The van der Waals surface area contributed by atoms with Crippen molar-refractivity contribution in [1.29, 1.82) is 0 Å². The van der Waals surface area contributed by atoms with E-state index in [2.05, 4.69) is 31.3 Å². The molecule has 0 aliphatic rings. The Morgan fingerprint density at radius 1 is 1.12 bits per heavy atom. The van der Waals surface area contributed by atoms with Crippen molar-refractivity contribution >= 4 is 11.8 Å². The third kappa shape index (κ3) is 3.59. The van der Waals surface area contributed by atoms with Gasteiger partial charge in [0.15, 0.2) is 0 Å². The van der Waals surface area contributed by atoms with Gasteiger partial charge in [-0.25, -0.2) is 0 Å². The largest absolute Gasteiger partial charge is 0.361 e. The first-order valence-corrected chi connectivity index (χ1v) is 5.56. The van der Waals surface area contributed by atoms with Crippen LogP contribution >= 0.6 is 0 Å². The van der Waals surface area contributed by atoms with Crippen molar-refractivity contribution in [3.63, 3.8) is 0 Å². The number of rotatable bonds is 3. The Balaban J connectivity index is 2.61.